The Morgan fingerprint density at radius 3 is 2.40 bits per heavy atom. The zero-order chi connectivity index (χ0) is 25.6. The van der Waals surface area contributed by atoms with Gasteiger partial charge in [0.2, 0.25) is 15.9 Å². The number of hydrogen-bond donors (Lipinski definition) is 1. The fourth-order valence-corrected chi connectivity index (χ4v) is 5.68. The van der Waals surface area contributed by atoms with Crippen molar-refractivity contribution in [1.82, 2.24) is 19.2 Å². The number of anilines is 1. The van der Waals surface area contributed by atoms with Gasteiger partial charge in [-0.3, -0.25) is 4.79 Å². The summed E-state index contributed by atoms with van der Waals surface area (Å²) >= 11 is 0. The van der Waals surface area contributed by atoms with Gasteiger partial charge in [0, 0.05) is 57.8 Å². The molecule has 0 radical (unpaired) electrons. The zero-order valence-corrected chi connectivity index (χ0v) is 22.2. The molecule has 1 amide bonds. The Hall–Kier alpha value is -2.91. The van der Waals surface area contributed by atoms with Crippen LogP contribution in [0.25, 0.3) is 11.0 Å². The van der Waals surface area contributed by atoms with Crippen LogP contribution in [-0.2, 0) is 27.8 Å². The number of aryl methyl sites for hydroxylation is 2. The first kappa shape index (κ1) is 26.7. The zero-order valence-electron chi connectivity index (χ0n) is 21.4. The first-order valence-electron chi connectivity index (χ1n) is 12.3. The standard InChI is InChI=1S/C26H37N5O3S/c1-6-30(7-2)35(33,34)22-14-15-24-23(18-22)28-25(31(24)8-3)16-17-26(32)27-19-20(4)29(5)21-12-10-9-11-13-21/h9-15,18,20H,6-8,16-17,19H2,1-5H3,(H,27,32). The maximum atomic E-state index is 12.9. The number of nitrogens with zero attached hydrogens (tertiary/aromatic N) is 4. The van der Waals surface area contributed by atoms with Crippen LogP contribution in [0.5, 0.6) is 0 Å². The molecule has 35 heavy (non-hydrogen) atoms. The molecule has 3 rings (SSSR count). The average Bonchev–Trinajstić information content (AvgIpc) is 3.23. The molecule has 8 nitrogen and oxygen atoms in total. The number of rotatable bonds is 12. The van der Waals surface area contributed by atoms with Crippen molar-refractivity contribution in [3.63, 3.8) is 0 Å². The highest BCUT2D eigenvalue weighted by Crippen LogP contribution is 2.23. The highest BCUT2D eigenvalue weighted by atomic mass is 32.2. The van der Waals surface area contributed by atoms with Crippen LogP contribution in [0.1, 0.15) is 39.9 Å². The van der Waals surface area contributed by atoms with E-state index in [1.807, 2.05) is 68.8 Å². The molecule has 0 aliphatic heterocycles. The van der Waals surface area contributed by atoms with E-state index in [1.54, 1.807) is 12.1 Å². The van der Waals surface area contributed by atoms with Crippen molar-refractivity contribution in [3.05, 3.63) is 54.4 Å². The third-order valence-electron chi connectivity index (χ3n) is 6.45. The largest absolute Gasteiger partial charge is 0.370 e. The predicted molar refractivity (Wildman–Crippen MR) is 141 cm³/mol. The molecule has 1 unspecified atom stereocenters. The van der Waals surface area contributed by atoms with Crippen molar-refractivity contribution in [2.45, 2.75) is 58.0 Å². The Labute approximate surface area is 209 Å². The summed E-state index contributed by atoms with van der Waals surface area (Å²) in [6.45, 7) is 9.82. The molecule has 0 saturated heterocycles. The normalized spacial score (nSPS) is 12.7. The second-order valence-corrected chi connectivity index (χ2v) is 10.5. The maximum absolute atomic E-state index is 12.9. The molecule has 0 bridgehead atoms. The molecule has 1 N–H and O–H groups in total. The van der Waals surface area contributed by atoms with Gasteiger partial charge in [0.05, 0.1) is 15.9 Å². The third-order valence-corrected chi connectivity index (χ3v) is 8.50. The van der Waals surface area contributed by atoms with E-state index in [2.05, 4.69) is 17.1 Å². The number of likely N-dealkylation sites (N-methyl/N-ethyl adjacent to an activating group) is 1. The van der Waals surface area contributed by atoms with Crippen LogP contribution in [0.4, 0.5) is 5.69 Å². The van der Waals surface area contributed by atoms with Gasteiger partial charge in [0.25, 0.3) is 0 Å². The second kappa shape index (κ2) is 11.7. The number of fused-ring (bicyclic) bond motifs is 1. The van der Waals surface area contributed by atoms with Crippen molar-refractivity contribution in [3.8, 4) is 0 Å². The van der Waals surface area contributed by atoms with Crippen LogP contribution in [0, 0.1) is 0 Å². The molecule has 2 aromatic carbocycles. The number of imidazole rings is 1. The van der Waals surface area contributed by atoms with Crippen LogP contribution >= 0.6 is 0 Å². The molecule has 190 valence electrons. The van der Waals surface area contributed by atoms with Gasteiger partial charge < -0.3 is 14.8 Å². The molecular formula is C26H37N5O3S. The molecule has 0 spiro atoms. The van der Waals surface area contributed by atoms with Crippen molar-refractivity contribution in [2.75, 3.05) is 31.6 Å². The average molecular weight is 500 g/mol. The van der Waals surface area contributed by atoms with Gasteiger partial charge >= 0.3 is 0 Å². The van der Waals surface area contributed by atoms with Gasteiger partial charge in [-0.1, -0.05) is 32.0 Å². The minimum atomic E-state index is -3.56. The maximum Gasteiger partial charge on any atom is 0.243 e. The second-order valence-electron chi connectivity index (χ2n) is 8.61. The fourth-order valence-electron chi connectivity index (χ4n) is 4.21. The van der Waals surface area contributed by atoms with Gasteiger partial charge in [-0.2, -0.15) is 4.31 Å². The van der Waals surface area contributed by atoms with E-state index in [0.29, 0.717) is 44.5 Å². The highest BCUT2D eigenvalue weighted by molar-refractivity contribution is 7.89. The summed E-state index contributed by atoms with van der Waals surface area (Å²) in [6, 6.07) is 15.3. The molecule has 3 aromatic rings. The predicted octanol–water partition coefficient (Wildman–Crippen LogP) is 3.66. The SMILES string of the molecule is CCN(CC)S(=O)(=O)c1ccc2c(c1)nc(CCC(=O)NCC(C)N(C)c1ccccc1)n2CC. The minimum absolute atomic E-state index is 0.0298. The Morgan fingerprint density at radius 1 is 1.09 bits per heavy atom. The summed E-state index contributed by atoms with van der Waals surface area (Å²) < 4.78 is 29.3. The van der Waals surface area contributed by atoms with Crippen molar-refractivity contribution >= 4 is 32.7 Å². The summed E-state index contributed by atoms with van der Waals surface area (Å²) in [5.74, 6) is 0.752. The summed E-state index contributed by atoms with van der Waals surface area (Å²) in [6.07, 6.45) is 0.797. The first-order chi connectivity index (χ1) is 16.7. The Balaban J connectivity index is 1.67. The number of amides is 1. The lowest BCUT2D eigenvalue weighted by atomic mass is 10.2. The van der Waals surface area contributed by atoms with E-state index in [-0.39, 0.29) is 16.8 Å². The summed E-state index contributed by atoms with van der Waals surface area (Å²) in [4.78, 5) is 19.7. The molecule has 0 saturated carbocycles. The topological polar surface area (TPSA) is 87.5 Å². The molecule has 1 atom stereocenters. The molecule has 1 heterocycles. The third kappa shape index (κ3) is 6.02. The van der Waals surface area contributed by atoms with Gasteiger partial charge in [-0.05, 0) is 44.2 Å². The van der Waals surface area contributed by atoms with Gasteiger partial charge in [-0.25, -0.2) is 13.4 Å². The molecule has 0 aliphatic carbocycles. The van der Waals surface area contributed by atoms with Crippen molar-refractivity contribution in [1.29, 1.82) is 0 Å². The number of sulfonamides is 1. The van der Waals surface area contributed by atoms with Crippen molar-refractivity contribution in [2.24, 2.45) is 0 Å². The lowest BCUT2D eigenvalue weighted by molar-refractivity contribution is -0.121. The van der Waals surface area contributed by atoms with Crippen LogP contribution in [0.2, 0.25) is 0 Å². The van der Waals surface area contributed by atoms with Gasteiger partial charge in [-0.15, -0.1) is 0 Å². The van der Waals surface area contributed by atoms with Crippen LogP contribution < -0.4 is 10.2 Å². The number of carbonyl (C=O) groups excluding carboxylic acids is 1. The first-order valence-corrected chi connectivity index (χ1v) is 13.7. The monoisotopic (exact) mass is 499 g/mol. The Kier molecular flexibility index (Phi) is 8.91. The quantitative estimate of drug-likeness (QED) is 0.411. The number of aromatic nitrogens is 2. The molecule has 0 aliphatic rings. The summed E-state index contributed by atoms with van der Waals surface area (Å²) in [5.41, 5.74) is 2.61. The van der Waals surface area contributed by atoms with E-state index in [0.717, 1.165) is 17.0 Å². The van der Waals surface area contributed by atoms with E-state index < -0.39 is 10.0 Å². The fraction of sp³-hybridized carbons (Fsp3) is 0.462. The van der Waals surface area contributed by atoms with E-state index in [9.17, 15) is 13.2 Å². The molecule has 1 aromatic heterocycles. The smallest absolute Gasteiger partial charge is 0.243 e. The highest BCUT2D eigenvalue weighted by Gasteiger charge is 2.23. The van der Waals surface area contributed by atoms with E-state index in [4.69, 9.17) is 4.98 Å². The van der Waals surface area contributed by atoms with Gasteiger partial charge in [0.15, 0.2) is 0 Å². The molecular weight excluding hydrogens is 462 g/mol. The number of nitrogens with one attached hydrogen (secondary N) is 1. The minimum Gasteiger partial charge on any atom is -0.370 e. The molecule has 0 fully saturated rings. The van der Waals surface area contributed by atoms with Crippen LogP contribution in [0.15, 0.2) is 53.4 Å². The van der Waals surface area contributed by atoms with Crippen LogP contribution in [-0.4, -0.2) is 60.9 Å². The van der Waals surface area contributed by atoms with Gasteiger partial charge in [0.1, 0.15) is 5.82 Å². The number of carbonyl (C=O) groups is 1. The Morgan fingerprint density at radius 2 is 1.77 bits per heavy atom. The molecule has 9 heteroatoms. The summed E-state index contributed by atoms with van der Waals surface area (Å²) in [5, 5.41) is 3.03. The van der Waals surface area contributed by atoms with Crippen molar-refractivity contribution < 1.29 is 13.2 Å². The van der Waals surface area contributed by atoms with E-state index in [1.165, 1.54) is 4.31 Å². The number of para-hydroxylation sites is 1. The number of benzene rings is 2. The van der Waals surface area contributed by atoms with E-state index >= 15 is 0 Å². The summed E-state index contributed by atoms with van der Waals surface area (Å²) in [7, 11) is -1.54. The lowest BCUT2D eigenvalue weighted by Gasteiger charge is -2.27. The number of hydrogen-bond acceptors (Lipinski definition) is 5. The Bertz CT molecular complexity index is 1240. The lowest BCUT2D eigenvalue weighted by Crippen LogP contribution is -2.40. The van der Waals surface area contributed by atoms with Crippen LogP contribution in [0.3, 0.4) is 0 Å².